The maximum absolute atomic E-state index is 10.7. The first-order chi connectivity index (χ1) is 9.04. The lowest BCUT2D eigenvalue weighted by molar-refractivity contribution is -0.137. The third-order valence-electron chi connectivity index (χ3n) is 2.92. The van der Waals surface area contributed by atoms with Gasteiger partial charge in [-0.3, -0.25) is 4.79 Å². The number of hydrogen-bond donors (Lipinski definition) is 3. The molecule has 2 unspecified atom stereocenters. The summed E-state index contributed by atoms with van der Waals surface area (Å²) in [5.41, 5.74) is 0.739. The van der Waals surface area contributed by atoms with Gasteiger partial charge in [0.1, 0.15) is 0 Å². The summed E-state index contributed by atoms with van der Waals surface area (Å²) >= 11 is 5.81. The highest BCUT2D eigenvalue weighted by atomic mass is 35.5. The molecular weight excluding hydrogens is 266 g/mol. The van der Waals surface area contributed by atoms with Gasteiger partial charge in [0.25, 0.3) is 0 Å². The van der Waals surface area contributed by atoms with Crippen molar-refractivity contribution in [1.82, 2.24) is 5.32 Å². The summed E-state index contributed by atoms with van der Waals surface area (Å²) in [5.74, 6) is -0.855. The van der Waals surface area contributed by atoms with E-state index in [1.165, 1.54) is 0 Å². The smallest absolute Gasteiger partial charge is 0.303 e. The van der Waals surface area contributed by atoms with Crippen LogP contribution < -0.4 is 5.32 Å². The standard InChI is InChI=1S/C14H20ClNO3/c1-2-9-16-12(7-8-13(17)18)14(19)10-3-5-11(15)6-4-10/h3-6,12,14,16,19H,2,7-9H2,1H3,(H,17,18). The highest BCUT2D eigenvalue weighted by molar-refractivity contribution is 6.30. The molecule has 0 saturated heterocycles. The van der Waals surface area contributed by atoms with Crippen LogP contribution in [0.15, 0.2) is 24.3 Å². The van der Waals surface area contributed by atoms with Crippen molar-refractivity contribution < 1.29 is 15.0 Å². The average molecular weight is 286 g/mol. The fourth-order valence-corrected chi connectivity index (χ4v) is 2.00. The molecule has 0 aliphatic heterocycles. The van der Waals surface area contributed by atoms with Gasteiger partial charge in [-0.15, -0.1) is 0 Å². The minimum absolute atomic E-state index is 0.0338. The molecule has 0 radical (unpaired) electrons. The quantitative estimate of drug-likeness (QED) is 0.687. The predicted molar refractivity (Wildman–Crippen MR) is 75.4 cm³/mol. The predicted octanol–water partition coefficient (Wildman–Crippen LogP) is 2.61. The van der Waals surface area contributed by atoms with Crippen molar-refractivity contribution >= 4 is 17.6 Å². The summed E-state index contributed by atoms with van der Waals surface area (Å²) in [4.78, 5) is 10.7. The van der Waals surface area contributed by atoms with Crippen molar-refractivity contribution in [3.05, 3.63) is 34.9 Å². The van der Waals surface area contributed by atoms with Crippen LogP contribution in [0.25, 0.3) is 0 Å². The molecule has 0 bridgehead atoms. The molecule has 5 heteroatoms. The van der Waals surface area contributed by atoms with E-state index in [9.17, 15) is 9.90 Å². The van der Waals surface area contributed by atoms with Crippen molar-refractivity contribution in [2.24, 2.45) is 0 Å². The third kappa shape index (κ3) is 5.59. The fraction of sp³-hybridized carbons (Fsp3) is 0.500. The minimum Gasteiger partial charge on any atom is -0.481 e. The number of nitrogens with one attached hydrogen (secondary N) is 1. The molecule has 0 amide bonds. The monoisotopic (exact) mass is 285 g/mol. The van der Waals surface area contributed by atoms with Crippen LogP contribution in [0, 0.1) is 0 Å². The molecule has 1 rings (SSSR count). The lowest BCUT2D eigenvalue weighted by Gasteiger charge is -2.24. The van der Waals surface area contributed by atoms with Gasteiger partial charge in [-0.25, -0.2) is 0 Å². The number of aliphatic hydroxyl groups excluding tert-OH is 1. The third-order valence-corrected chi connectivity index (χ3v) is 3.17. The van der Waals surface area contributed by atoms with Gasteiger partial charge in [0.2, 0.25) is 0 Å². The van der Waals surface area contributed by atoms with Crippen LogP contribution in [0.2, 0.25) is 5.02 Å². The SMILES string of the molecule is CCCNC(CCC(=O)O)C(O)c1ccc(Cl)cc1. The van der Waals surface area contributed by atoms with E-state index in [4.69, 9.17) is 16.7 Å². The summed E-state index contributed by atoms with van der Waals surface area (Å²) in [6.07, 6.45) is 0.616. The van der Waals surface area contributed by atoms with Gasteiger partial charge in [-0.2, -0.15) is 0 Å². The van der Waals surface area contributed by atoms with Gasteiger partial charge >= 0.3 is 5.97 Å². The van der Waals surface area contributed by atoms with E-state index in [2.05, 4.69) is 5.32 Å². The molecule has 2 atom stereocenters. The van der Waals surface area contributed by atoms with Crippen molar-refractivity contribution in [2.45, 2.75) is 38.3 Å². The molecule has 106 valence electrons. The van der Waals surface area contributed by atoms with Crippen LogP contribution in [0.3, 0.4) is 0 Å². The summed E-state index contributed by atoms with van der Waals surface area (Å²) in [5, 5.41) is 22.9. The lowest BCUT2D eigenvalue weighted by atomic mass is 9.98. The molecule has 1 aromatic rings. The second kappa shape index (κ2) is 8.15. The number of carboxylic acids is 1. The van der Waals surface area contributed by atoms with Crippen molar-refractivity contribution in [3.8, 4) is 0 Å². The van der Waals surface area contributed by atoms with E-state index in [1.54, 1.807) is 24.3 Å². The Morgan fingerprint density at radius 3 is 2.53 bits per heavy atom. The van der Waals surface area contributed by atoms with Gasteiger partial charge in [0.15, 0.2) is 0 Å². The maximum Gasteiger partial charge on any atom is 0.303 e. The Kier molecular flexibility index (Phi) is 6.84. The number of carboxylic acid groups (broad SMARTS) is 1. The number of benzene rings is 1. The first-order valence-corrected chi connectivity index (χ1v) is 6.81. The van der Waals surface area contributed by atoms with Crippen LogP contribution in [-0.4, -0.2) is 28.8 Å². The topological polar surface area (TPSA) is 69.6 Å². The lowest BCUT2D eigenvalue weighted by Crippen LogP contribution is -2.36. The fourth-order valence-electron chi connectivity index (χ4n) is 1.87. The molecule has 1 aromatic carbocycles. The Hall–Kier alpha value is -1.10. The Balaban J connectivity index is 2.71. The Morgan fingerprint density at radius 1 is 1.37 bits per heavy atom. The zero-order valence-corrected chi connectivity index (χ0v) is 11.7. The summed E-state index contributed by atoms with van der Waals surface area (Å²) in [7, 11) is 0. The van der Waals surface area contributed by atoms with E-state index >= 15 is 0 Å². The highest BCUT2D eigenvalue weighted by Gasteiger charge is 2.21. The molecule has 0 saturated carbocycles. The van der Waals surface area contributed by atoms with Crippen LogP contribution in [0.4, 0.5) is 0 Å². The first kappa shape index (κ1) is 16.0. The molecule has 0 heterocycles. The second-order valence-electron chi connectivity index (χ2n) is 4.49. The van der Waals surface area contributed by atoms with Gasteiger partial charge in [0, 0.05) is 17.5 Å². The average Bonchev–Trinajstić information content (AvgIpc) is 2.39. The van der Waals surface area contributed by atoms with Gasteiger partial charge in [-0.05, 0) is 37.1 Å². The zero-order chi connectivity index (χ0) is 14.3. The van der Waals surface area contributed by atoms with E-state index in [-0.39, 0.29) is 12.5 Å². The number of carbonyl (C=O) groups is 1. The first-order valence-electron chi connectivity index (χ1n) is 6.43. The van der Waals surface area contributed by atoms with Crippen LogP contribution >= 0.6 is 11.6 Å². The van der Waals surface area contributed by atoms with Crippen molar-refractivity contribution in [2.75, 3.05) is 6.54 Å². The molecule has 0 aromatic heterocycles. The Bertz CT molecular complexity index is 394. The molecule has 0 aliphatic rings. The molecule has 0 spiro atoms. The Morgan fingerprint density at radius 2 is 2.00 bits per heavy atom. The van der Waals surface area contributed by atoms with Gasteiger partial charge in [-0.1, -0.05) is 30.7 Å². The minimum atomic E-state index is -0.855. The number of aliphatic hydroxyl groups is 1. The zero-order valence-electron chi connectivity index (χ0n) is 11.0. The molecular formula is C14H20ClNO3. The number of halogens is 1. The summed E-state index contributed by atoms with van der Waals surface area (Å²) in [6, 6.07) is 6.68. The molecule has 19 heavy (non-hydrogen) atoms. The van der Waals surface area contributed by atoms with E-state index < -0.39 is 12.1 Å². The summed E-state index contributed by atoms with van der Waals surface area (Å²) < 4.78 is 0. The van der Waals surface area contributed by atoms with Crippen molar-refractivity contribution in [1.29, 1.82) is 0 Å². The van der Waals surface area contributed by atoms with E-state index in [0.29, 0.717) is 11.4 Å². The second-order valence-corrected chi connectivity index (χ2v) is 4.93. The van der Waals surface area contributed by atoms with Crippen LogP contribution in [0.1, 0.15) is 37.9 Å². The molecule has 0 aliphatic carbocycles. The number of aliphatic carboxylic acids is 1. The largest absolute Gasteiger partial charge is 0.481 e. The van der Waals surface area contributed by atoms with Crippen LogP contribution in [-0.2, 0) is 4.79 Å². The number of hydrogen-bond acceptors (Lipinski definition) is 3. The molecule has 4 nitrogen and oxygen atoms in total. The highest BCUT2D eigenvalue weighted by Crippen LogP contribution is 2.22. The number of rotatable bonds is 8. The van der Waals surface area contributed by atoms with Crippen LogP contribution in [0.5, 0.6) is 0 Å². The van der Waals surface area contributed by atoms with Gasteiger partial charge in [0.05, 0.1) is 6.10 Å². The normalized spacial score (nSPS) is 14.1. The van der Waals surface area contributed by atoms with E-state index in [0.717, 1.165) is 18.5 Å². The molecule has 0 fully saturated rings. The molecule has 3 N–H and O–H groups in total. The van der Waals surface area contributed by atoms with E-state index in [1.807, 2.05) is 6.92 Å². The van der Waals surface area contributed by atoms with Gasteiger partial charge < -0.3 is 15.5 Å². The van der Waals surface area contributed by atoms with Crippen molar-refractivity contribution in [3.63, 3.8) is 0 Å². The summed E-state index contributed by atoms with van der Waals surface area (Å²) in [6.45, 7) is 2.77. The Labute approximate surface area is 118 Å². The maximum atomic E-state index is 10.7.